The minimum atomic E-state index is -1.44. The van der Waals surface area contributed by atoms with Gasteiger partial charge in [-0.2, -0.15) is 12.6 Å². The number of rotatable bonds is 14. The van der Waals surface area contributed by atoms with E-state index in [4.69, 9.17) is 10.8 Å². The van der Waals surface area contributed by atoms with Crippen LogP contribution in [0.1, 0.15) is 40.0 Å². The highest BCUT2D eigenvalue weighted by Crippen LogP contribution is 2.08. The van der Waals surface area contributed by atoms with Crippen LogP contribution in [0.25, 0.3) is 0 Å². The van der Waals surface area contributed by atoms with Gasteiger partial charge < -0.3 is 37.0 Å². The highest BCUT2D eigenvalue weighted by Gasteiger charge is 2.31. The van der Waals surface area contributed by atoms with E-state index in [2.05, 4.69) is 28.6 Å². The summed E-state index contributed by atoms with van der Waals surface area (Å²) in [5.41, 5.74) is 5.53. The third kappa shape index (κ3) is 11.0. The number of aliphatic carboxylic acids is 2. The van der Waals surface area contributed by atoms with Gasteiger partial charge in [0.1, 0.15) is 24.2 Å². The molecule has 0 aliphatic carbocycles. The van der Waals surface area contributed by atoms with Crippen LogP contribution in [-0.2, 0) is 24.0 Å². The molecule has 0 saturated carbocycles. The monoisotopic (exact) mass is 464 g/mol. The minimum Gasteiger partial charge on any atom is -0.481 e. The third-order valence-corrected chi connectivity index (χ3v) is 4.60. The topological polar surface area (TPSA) is 208 Å². The fourth-order valence-corrected chi connectivity index (χ4v) is 2.71. The van der Waals surface area contributed by atoms with Gasteiger partial charge in [-0.15, -0.1) is 0 Å². The number of carboxylic acids is 2. The summed E-state index contributed by atoms with van der Waals surface area (Å²) in [4.78, 5) is 59.2. The second-order valence-corrected chi connectivity index (χ2v) is 7.90. The molecule has 0 aromatic carbocycles. The average Bonchev–Trinajstić information content (AvgIpc) is 2.66. The van der Waals surface area contributed by atoms with E-state index in [9.17, 15) is 34.2 Å². The smallest absolute Gasteiger partial charge is 0.326 e. The minimum absolute atomic E-state index is 0.0638. The van der Waals surface area contributed by atoms with Crippen LogP contribution >= 0.6 is 12.6 Å². The van der Waals surface area contributed by atoms with Crippen LogP contribution in [-0.4, -0.2) is 81.0 Å². The number of aliphatic hydroxyl groups excluding tert-OH is 1. The van der Waals surface area contributed by atoms with Crippen molar-refractivity contribution in [1.29, 1.82) is 0 Å². The number of hydrogen-bond donors (Lipinski definition) is 8. The molecule has 0 saturated heterocycles. The fraction of sp³-hybridized carbons (Fsp3) is 0.722. The Morgan fingerprint density at radius 3 is 1.77 bits per heavy atom. The first-order chi connectivity index (χ1) is 14.3. The Bertz CT molecular complexity index is 658. The summed E-state index contributed by atoms with van der Waals surface area (Å²) in [6.07, 6.45) is -1.79. The number of thiol groups is 1. The first-order valence-electron chi connectivity index (χ1n) is 9.70. The summed E-state index contributed by atoms with van der Waals surface area (Å²) in [5.74, 6) is -5.15. The maximum absolute atomic E-state index is 12.6. The van der Waals surface area contributed by atoms with Gasteiger partial charge in [0.05, 0.1) is 6.10 Å². The molecule has 13 heteroatoms. The van der Waals surface area contributed by atoms with Gasteiger partial charge >= 0.3 is 11.9 Å². The zero-order chi connectivity index (χ0) is 24.3. The molecule has 0 rings (SSSR count). The van der Waals surface area contributed by atoms with Crippen molar-refractivity contribution < 1.29 is 39.3 Å². The van der Waals surface area contributed by atoms with E-state index in [1.54, 1.807) is 13.8 Å². The van der Waals surface area contributed by atoms with Crippen molar-refractivity contribution in [3.8, 4) is 0 Å². The number of carbonyl (C=O) groups is 5. The van der Waals surface area contributed by atoms with Crippen molar-refractivity contribution in [3.63, 3.8) is 0 Å². The number of amides is 3. The van der Waals surface area contributed by atoms with Crippen LogP contribution in [0.3, 0.4) is 0 Å². The van der Waals surface area contributed by atoms with Gasteiger partial charge in [0.15, 0.2) is 0 Å². The average molecular weight is 465 g/mol. The molecule has 178 valence electrons. The normalized spacial score (nSPS) is 15.8. The summed E-state index contributed by atoms with van der Waals surface area (Å²) < 4.78 is 0. The Kier molecular flexibility index (Phi) is 12.8. The lowest BCUT2D eigenvalue weighted by Crippen LogP contribution is -2.58. The molecular weight excluding hydrogens is 432 g/mol. The molecule has 0 radical (unpaired) electrons. The zero-order valence-corrected chi connectivity index (χ0v) is 18.6. The van der Waals surface area contributed by atoms with Gasteiger partial charge in [-0.1, -0.05) is 13.8 Å². The molecule has 12 nitrogen and oxygen atoms in total. The van der Waals surface area contributed by atoms with E-state index in [1.165, 1.54) is 6.92 Å². The second kappa shape index (κ2) is 13.8. The van der Waals surface area contributed by atoms with Gasteiger partial charge in [0.2, 0.25) is 17.7 Å². The second-order valence-electron chi connectivity index (χ2n) is 7.53. The van der Waals surface area contributed by atoms with E-state index in [1.807, 2.05) is 0 Å². The van der Waals surface area contributed by atoms with Gasteiger partial charge in [-0.25, -0.2) is 4.79 Å². The molecule has 0 aromatic heterocycles. The summed E-state index contributed by atoms with van der Waals surface area (Å²) >= 11 is 4.01. The molecule has 3 amide bonds. The number of hydrogen-bond acceptors (Lipinski definition) is 8. The third-order valence-electron chi connectivity index (χ3n) is 4.24. The maximum Gasteiger partial charge on any atom is 0.326 e. The van der Waals surface area contributed by atoms with Crippen LogP contribution in [0.2, 0.25) is 0 Å². The first kappa shape index (κ1) is 28.6. The van der Waals surface area contributed by atoms with Crippen LogP contribution in [0, 0.1) is 5.92 Å². The lowest BCUT2D eigenvalue weighted by Gasteiger charge is -2.25. The molecule has 8 N–H and O–H groups in total. The quantitative estimate of drug-likeness (QED) is 0.134. The summed E-state index contributed by atoms with van der Waals surface area (Å²) in [5, 5.41) is 34.4. The standard InChI is InChI=1S/C18H32N4O8S/c1-8(2)6-11(15(26)20-10(18(29)30)4-5-13(24)25)21-16(27)12(7-31)22-17(28)14(19)9(3)23/h8-12,14,23,31H,4-7,19H2,1-3H3,(H,20,26)(H,21,27)(H,22,28)(H,24,25)(H,29,30). The van der Waals surface area contributed by atoms with Crippen LogP contribution in [0.15, 0.2) is 0 Å². The molecule has 0 aliphatic rings. The van der Waals surface area contributed by atoms with Gasteiger partial charge in [-0.05, 0) is 25.7 Å². The van der Waals surface area contributed by atoms with Crippen molar-refractivity contribution >= 4 is 42.3 Å². The number of carboxylic acid groups (broad SMARTS) is 2. The predicted octanol–water partition coefficient (Wildman–Crippen LogP) is -1.93. The summed E-state index contributed by atoms with van der Waals surface area (Å²) in [6, 6.07) is -5.01. The lowest BCUT2D eigenvalue weighted by atomic mass is 10.0. The SMILES string of the molecule is CC(C)CC(NC(=O)C(CS)NC(=O)C(N)C(C)O)C(=O)NC(CCC(=O)O)C(=O)O. The highest BCUT2D eigenvalue weighted by molar-refractivity contribution is 7.80. The molecule has 0 heterocycles. The summed E-state index contributed by atoms with van der Waals surface area (Å²) in [6.45, 7) is 4.88. The van der Waals surface area contributed by atoms with Crippen molar-refractivity contribution in [2.45, 2.75) is 70.3 Å². The molecular formula is C18H32N4O8S. The largest absolute Gasteiger partial charge is 0.481 e. The Hall–Kier alpha value is -2.38. The van der Waals surface area contributed by atoms with Crippen molar-refractivity contribution in [3.05, 3.63) is 0 Å². The van der Waals surface area contributed by atoms with Gasteiger partial charge in [0, 0.05) is 12.2 Å². The Labute approximate surface area is 185 Å². The van der Waals surface area contributed by atoms with Crippen molar-refractivity contribution in [1.82, 2.24) is 16.0 Å². The molecule has 0 spiro atoms. The van der Waals surface area contributed by atoms with Crippen LogP contribution in [0.5, 0.6) is 0 Å². The van der Waals surface area contributed by atoms with Crippen molar-refractivity contribution in [2.75, 3.05) is 5.75 Å². The first-order valence-corrected chi connectivity index (χ1v) is 10.3. The van der Waals surface area contributed by atoms with E-state index in [0.717, 1.165) is 0 Å². The molecule has 0 aliphatic heterocycles. The molecule has 0 aromatic rings. The van der Waals surface area contributed by atoms with E-state index in [0.29, 0.717) is 0 Å². The van der Waals surface area contributed by atoms with Gasteiger partial charge in [-0.3, -0.25) is 19.2 Å². The van der Waals surface area contributed by atoms with Crippen molar-refractivity contribution in [2.24, 2.45) is 11.7 Å². The fourth-order valence-electron chi connectivity index (χ4n) is 2.45. The van der Waals surface area contributed by atoms with Crippen LogP contribution < -0.4 is 21.7 Å². The predicted molar refractivity (Wildman–Crippen MR) is 113 cm³/mol. The zero-order valence-electron chi connectivity index (χ0n) is 17.7. The number of nitrogens with two attached hydrogens (primary N) is 1. The number of aliphatic hydroxyl groups is 1. The Morgan fingerprint density at radius 2 is 1.35 bits per heavy atom. The van der Waals surface area contributed by atoms with E-state index < -0.39 is 66.4 Å². The molecule has 5 unspecified atom stereocenters. The molecule has 0 bridgehead atoms. The number of carbonyl (C=O) groups excluding carboxylic acids is 3. The molecule has 31 heavy (non-hydrogen) atoms. The molecule has 0 fully saturated rings. The Balaban J connectivity index is 5.29. The van der Waals surface area contributed by atoms with Crippen LogP contribution in [0.4, 0.5) is 0 Å². The highest BCUT2D eigenvalue weighted by atomic mass is 32.1. The summed E-state index contributed by atoms with van der Waals surface area (Å²) in [7, 11) is 0. The van der Waals surface area contributed by atoms with Gasteiger partial charge in [0.25, 0.3) is 0 Å². The van der Waals surface area contributed by atoms with E-state index in [-0.39, 0.29) is 24.5 Å². The Morgan fingerprint density at radius 1 is 0.871 bits per heavy atom. The number of nitrogens with one attached hydrogen (secondary N) is 3. The van der Waals surface area contributed by atoms with E-state index >= 15 is 0 Å². The molecule has 5 atom stereocenters. The lowest BCUT2D eigenvalue weighted by molar-refractivity contribution is -0.143. The maximum atomic E-state index is 12.6.